The van der Waals surface area contributed by atoms with Crippen molar-refractivity contribution in [3.8, 4) is 11.8 Å². The van der Waals surface area contributed by atoms with Crippen molar-refractivity contribution in [1.82, 2.24) is 4.72 Å². The highest BCUT2D eigenvalue weighted by molar-refractivity contribution is 7.89. The quantitative estimate of drug-likeness (QED) is 0.651. The molecule has 1 aromatic rings. The molecule has 0 atom stereocenters. The molecule has 0 fully saturated rings. The van der Waals surface area contributed by atoms with Crippen LogP contribution in [0.1, 0.15) is 12.0 Å². The van der Waals surface area contributed by atoms with Crippen molar-refractivity contribution >= 4 is 22.0 Å². The molecule has 0 amide bonds. The number of hydrogen-bond acceptors (Lipinski definition) is 4. The third-order valence-corrected chi connectivity index (χ3v) is 3.47. The van der Waals surface area contributed by atoms with Crippen molar-refractivity contribution in [2.75, 3.05) is 6.54 Å². The van der Waals surface area contributed by atoms with Crippen LogP contribution in [0.5, 0.6) is 0 Å². The average Bonchev–Trinajstić information content (AvgIpc) is 2.37. The van der Waals surface area contributed by atoms with Crippen molar-refractivity contribution in [2.45, 2.75) is 11.3 Å². The number of sulfonamides is 1. The number of benzene rings is 1. The Balaban J connectivity index is 2.82. The molecule has 0 saturated heterocycles. The van der Waals surface area contributed by atoms with Crippen LogP contribution in [0.3, 0.4) is 0 Å². The zero-order valence-corrected chi connectivity index (χ0v) is 11.0. The second-order valence-corrected chi connectivity index (χ2v) is 5.38. The largest absolute Gasteiger partial charge is 0.481 e. The summed E-state index contributed by atoms with van der Waals surface area (Å²) in [6.45, 7) is -0.706. The van der Waals surface area contributed by atoms with Gasteiger partial charge in [-0.05, 0) is 24.3 Å². The van der Waals surface area contributed by atoms with Gasteiger partial charge in [0.05, 0.1) is 4.90 Å². The zero-order valence-electron chi connectivity index (χ0n) is 10.2. The summed E-state index contributed by atoms with van der Waals surface area (Å²) in [5, 5.41) is 16.8. The molecule has 0 unspecified atom stereocenters. The van der Waals surface area contributed by atoms with Gasteiger partial charge in [0.25, 0.3) is 0 Å². The van der Waals surface area contributed by atoms with E-state index in [1.807, 2.05) is 4.72 Å². The molecule has 1 aromatic carbocycles. The number of hydrogen-bond donors (Lipinski definition) is 3. The Kier molecular flexibility index (Phi) is 5.25. The average molecular weight is 297 g/mol. The minimum absolute atomic E-state index is 0.0949. The molecule has 20 heavy (non-hydrogen) atoms. The topological polar surface area (TPSA) is 121 Å². The molecule has 0 bridgehead atoms. The number of carboxylic acid groups (broad SMARTS) is 2. The molecule has 0 aliphatic heterocycles. The van der Waals surface area contributed by atoms with E-state index in [0.717, 1.165) is 0 Å². The molecule has 1 rings (SSSR count). The lowest BCUT2D eigenvalue weighted by molar-refractivity contribution is -0.136. The highest BCUT2D eigenvalue weighted by Crippen LogP contribution is 2.09. The molecule has 0 aliphatic rings. The second-order valence-electron chi connectivity index (χ2n) is 3.61. The molecular formula is C12H11NO6S. The number of carboxylic acids is 2. The van der Waals surface area contributed by atoms with E-state index >= 15 is 0 Å². The maximum atomic E-state index is 11.7. The fourth-order valence-corrected chi connectivity index (χ4v) is 2.15. The number of rotatable bonds is 5. The lowest BCUT2D eigenvalue weighted by Crippen LogP contribution is -2.29. The Labute approximate surface area is 115 Å². The number of nitrogens with one attached hydrogen (secondary N) is 1. The number of carbonyl (C=O) groups is 2. The van der Waals surface area contributed by atoms with E-state index in [1.54, 1.807) is 0 Å². The monoisotopic (exact) mass is 297 g/mol. The van der Waals surface area contributed by atoms with Crippen LogP contribution in [-0.2, 0) is 19.6 Å². The Morgan fingerprint density at radius 2 is 1.70 bits per heavy atom. The van der Waals surface area contributed by atoms with Crippen LogP contribution >= 0.6 is 0 Å². The summed E-state index contributed by atoms with van der Waals surface area (Å²) in [7, 11) is -3.88. The van der Waals surface area contributed by atoms with E-state index in [0.29, 0.717) is 5.56 Å². The SMILES string of the molecule is O=C(O)CC#Cc1ccc(S(=O)(=O)NCC(=O)O)cc1. The lowest BCUT2D eigenvalue weighted by atomic mass is 10.2. The highest BCUT2D eigenvalue weighted by Gasteiger charge is 2.14. The Bertz CT molecular complexity index is 666. The minimum Gasteiger partial charge on any atom is -0.481 e. The van der Waals surface area contributed by atoms with Crippen LogP contribution in [0.15, 0.2) is 29.2 Å². The molecule has 0 saturated carbocycles. The standard InChI is InChI=1S/C12H11NO6S/c14-11(15)3-1-2-9-4-6-10(7-5-9)20(18,19)13-8-12(16)17/h4-7,13H,3,8H2,(H,14,15)(H,16,17). The molecule has 3 N–H and O–H groups in total. The van der Waals surface area contributed by atoms with E-state index < -0.39 is 28.5 Å². The van der Waals surface area contributed by atoms with Gasteiger partial charge in [0, 0.05) is 5.56 Å². The van der Waals surface area contributed by atoms with Gasteiger partial charge in [-0.25, -0.2) is 8.42 Å². The fraction of sp³-hybridized carbons (Fsp3) is 0.167. The maximum absolute atomic E-state index is 11.7. The van der Waals surface area contributed by atoms with Gasteiger partial charge < -0.3 is 10.2 Å². The molecule has 0 spiro atoms. The van der Waals surface area contributed by atoms with E-state index in [2.05, 4.69) is 11.8 Å². The van der Waals surface area contributed by atoms with Gasteiger partial charge in [-0.15, -0.1) is 0 Å². The minimum atomic E-state index is -3.88. The fourth-order valence-electron chi connectivity index (χ4n) is 1.18. The molecule has 7 nitrogen and oxygen atoms in total. The molecular weight excluding hydrogens is 286 g/mol. The van der Waals surface area contributed by atoms with Gasteiger partial charge in [-0.2, -0.15) is 4.72 Å². The van der Waals surface area contributed by atoms with Gasteiger partial charge in [-0.3, -0.25) is 9.59 Å². The van der Waals surface area contributed by atoms with Crippen molar-refractivity contribution in [1.29, 1.82) is 0 Å². The van der Waals surface area contributed by atoms with Crippen molar-refractivity contribution in [3.63, 3.8) is 0 Å². The molecule has 106 valence electrons. The highest BCUT2D eigenvalue weighted by atomic mass is 32.2. The number of aliphatic carboxylic acids is 2. The Hall–Kier alpha value is -2.37. The molecule has 0 radical (unpaired) electrons. The zero-order chi connectivity index (χ0) is 15.2. The van der Waals surface area contributed by atoms with Crippen LogP contribution in [-0.4, -0.2) is 37.1 Å². The van der Waals surface area contributed by atoms with Gasteiger partial charge >= 0.3 is 11.9 Å². The van der Waals surface area contributed by atoms with Gasteiger partial charge in [-0.1, -0.05) is 11.8 Å². The van der Waals surface area contributed by atoms with Crippen molar-refractivity contribution in [3.05, 3.63) is 29.8 Å². The first-order chi connectivity index (χ1) is 9.31. The summed E-state index contributed by atoms with van der Waals surface area (Å²) < 4.78 is 25.2. The summed E-state index contributed by atoms with van der Waals surface area (Å²) in [5.41, 5.74) is 0.462. The summed E-state index contributed by atoms with van der Waals surface area (Å²) >= 11 is 0. The van der Waals surface area contributed by atoms with Crippen LogP contribution in [0.4, 0.5) is 0 Å². The normalized spacial score (nSPS) is 10.4. The molecule has 0 aromatic heterocycles. The third-order valence-electron chi connectivity index (χ3n) is 2.05. The van der Waals surface area contributed by atoms with Crippen LogP contribution in [0.2, 0.25) is 0 Å². The Morgan fingerprint density at radius 3 is 2.20 bits per heavy atom. The van der Waals surface area contributed by atoms with Gasteiger partial charge in [0.15, 0.2) is 0 Å². The van der Waals surface area contributed by atoms with Crippen LogP contribution < -0.4 is 4.72 Å². The second kappa shape index (κ2) is 6.70. The van der Waals surface area contributed by atoms with E-state index in [9.17, 15) is 18.0 Å². The van der Waals surface area contributed by atoms with Crippen molar-refractivity contribution < 1.29 is 28.2 Å². The first kappa shape index (κ1) is 15.7. The summed E-state index contributed by atoms with van der Waals surface area (Å²) in [6.07, 6.45) is -0.305. The summed E-state index contributed by atoms with van der Waals surface area (Å²) in [6, 6.07) is 5.33. The van der Waals surface area contributed by atoms with E-state index in [-0.39, 0.29) is 11.3 Å². The summed E-state index contributed by atoms with van der Waals surface area (Å²) in [4.78, 5) is 20.5. The van der Waals surface area contributed by atoms with Gasteiger partial charge in [0.2, 0.25) is 10.0 Å². The van der Waals surface area contributed by atoms with Crippen molar-refractivity contribution in [2.24, 2.45) is 0 Å². The smallest absolute Gasteiger partial charge is 0.318 e. The lowest BCUT2D eigenvalue weighted by Gasteiger charge is -2.04. The van der Waals surface area contributed by atoms with Gasteiger partial charge in [0.1, 0.15) is 13.0 Å². The van der Waals surface area contributed by atoms with Crippen LogP contribution in [0, 0.1) is 11.8 Å². The van der Waals surface area contributed by atoms with E-state index in [1.165, 1.54) is 24.3 Å². The summed E-state index contributed by atoms with van der Waals surface area (Å²) in [5.74, 6) is 2.64. The predicted octanol–water partition coefficient (Wildman–Crippen LogP) is -0.124. The first-order valence-electron chi connectivity index (χ1n) is 5.33. The molecule has 0 aliphatic carbocycles. The Morgan fingerprint density at radius 1 is 1.10 bits per heavy atom. The third kappa shape index (κ3) is 5.09. The maximum Gasteiger partial charge on any atom is 0.318 e. The van der Waals surface area contributed by atoms with E-state index in [4.69, 9.17) is 10.2 Å². The molecule has 0 heterocycles. The first-order valence-corrected chi connectivity index (χ1v) is 6.82. The predicted molar refractivity (Wildman–Crippen MR) is 68.4 cm³/mol. The van der Waals surface area contributed by atoms with Crippen LogP contribution in [0.25, 0.3) is 0 Å². The molecule has 8 heteroatoms.